The minimum atomic E-state index is -0.302. The van der Waals surface area contributed by atoms with Crippen LogP contribution in [0.2, 0.25) is 0 Å². The van der Waals surface area contributed by atoms with Gasteiger partial charge < -0.3 is 14.6 Å². The molecule has 2 aliphatic heterocycles. The minimum absolute atomic E-state index is 0.0257. The van der Waals surface area contributed by atoms with Gasteiger partial charge in [-0.1, -0.05) is 0 Å². The van der Waals surface area contributed by atoms with Crippen molar-refractivity contribution in [1.29, 1.82) is 0 Å². The van der Waals surface area contributed by atoms with E-state index in [4.69, 9.17) is 9.47 Å². The third-order valence-corrected chi connectivity index (χ3v) is 6.75. The van der Waals surface area contributed by atoms with E-state index in [1.807, 2.05) is 11.3 Å². The molecule has 1 aromatic rings. The summed E-state index contributed by atoms with van der Waals surface area (Å²) in [4.78, 5) is 2.70. The first-order valence-corrected chi connectivity index (χ1v) is 9.09. The number of fused-ring (bicyclic) bond motifs is 1. The third kappa shape index (κ3) is 2.67. The van der Waals surface area contributed by atoms with E-state index < -0.39 is 0 Å². The number of hydrogen-bond donors (Lipinski definition) is 1. The Hall–Kier alpha value is -0.420. The summed E-state index contributed by atoms with van der Waals surface area (Å²) in [7, 11) is 0. The van der Waals surface area contributed by atoms with Gasteiger partial charge in [0.2, 0.25) is 0 Å². The molecule has 0 aromatic carbocycles. The van der Waals surface area contributed by atoms with E-state index >= 15 is 0 Å². The Kier molecular flexibility index (Phi) is 3.82. The number of thiophene rings is 1. The molecule has 2 unspecified atom stereocenters. The highest BCUT2D eigenvalue weighted by Crippen LogP contribution is 2.44. The minimum Gasteiger partial charge on any atom is -0.387 e. The molecule has 2 atom stereocenters. The molecule has 0 amide bonds. The molecular formula is C17H24O3S. The molecule has 3 heterocycles. The summed E-state index contributed by atoms with van der Waals surface area (Å²) in [5.41, 5.74) is 1.46. The number of aliphatic hydroxyl groups is 1. The van der Waals surface area contributed by atoms with Crippen molar-refractivity contribution in [3.8, 4) is 0 Å². The summed E-state index contributed by atoms with van der Waals surface area (Å²) >= 11 is 1.84. The molecule has 0 radical (unpaired) electrons. The van der Waals surface area contributed by atoms with Gasteiger partial charge in [0.15, 0.2) is 0 Å². The smallest absolute Gasteiger partial charge is 0.0912 e. The largest absolute Gasteiger partial charge is 0.387 e. The van der Waals surface area contributed by atoms with E-state index in [2.05, 4.69) is 6.07 Å². The highest BCUT2D eigenvalue weighted by molar-refractivity contribution is 7.12. The van der Waals surface area contributed by atoms with Crippen LogP contribution in [-0.4, -0.2) is 30.5 Å². The Labute approximate surface area is 130 Å². The maximum Gasteiger partial charge on any atom is 0.0912 e. The molecule has 3 nitrogen and oxygen atoms in total. The molecule has 1 N–H and O–H groups in total. The van der Waals surface area contributed by atoms with Crippen LogP contribution < -0.4 is 0 Å². The highest BCUT2D eigenvalue weighted by atomic mass is 32.1. The van der Waals surface area contributed by atoms with Crippen molar-refractivity contribution in [3.63, 3.8) is 0 Å². The van der Waals surface area contributed by atoms with Crippen LogP contribution in [0.4, 0.5) is 0 Å². The average molecular weight is 308 g/mol. The lowest BCUT2D eigenvalue weighted by Gasteiger charge is -2.44. The van der Waals surface area contributed by atoms with E-state index in [0.29, 0.717) is 5.92 Å². The zero-order valence-corrected chi connectivity index (χ0v) is 13.3. The van der Waals surface area contributed by atoms with Crippen molar-refractivity contribution >= 4 is 11.3 Å². The number of aryl methyl sites for hydroxylation is 2. The van der Waals surface area contributed by atoms with Crippen LogP contribution in [0.3, 0.4) is 0 Å². The molecule has 1 aliphatic carbocycles. The first kappa shape index (κ1) is 14.2. The topological polar surface area (TPSA) is 38.7 Å². The molecule has 0 bridgehead atoms. The van der Waals surface area contributed by atoms with Gasteiger partial charge >= 0.3 is 0 Å². The zero-order chi connectivity index (χ0) is 14.3. The molecule has 116 valence electrons. The van der Waals surface area contributed by atoms with Crippen LogP contribution in [-0.2, 0) is 22.3 Å². The predicted octanol–water partition coefficient (Wildman–Crippen LogP) is 3.25. The highest BCUT2D eigenvalue weighted by Gasteiger charge is 2.41. The Morgan fingerprint density at radius 3 is 2.90 bits per heavy atom. The van der Waals surface area contributed by atoms with Crippen molar-refractivity contribution in [2.24, 2.45) is 5.92 Å². The Bertz CT molecular complexity index is 477. The molecule has 1 aromatic heterocycles. The quantitative estimate of drug-likeness (QED) is 0.911. The van der Waals surface area contributed by atoms with E-state index in [9.17, 15) is 5.11 Å². The van der Waals surface area contributed by atoms with E-state index in [-0.39, 0.29) is 11.7 Å². The summed E-state index contributed by atoms with van der Waals surface area (Å²) in [6.45, 7) is 2.39. The van der Waals surface area contributed by atoms with Crippen LogP contribution in [0.1, 0.15) is 53.5 Å². The lowest BCUT2D eigenvalue weighted by molar-refractivity contribution is -0.158. The van der Waals surface area contributed by atoms with Crippen molar-refractivity contribution < 1.29 is 14.6 Å². The molecule has 4 rings (SSSR count). The van der Waals surface area contributed by atoms with Gasteiger partial charge in [-0.05, 0) is 62.5 Å². The van der Waals surface area contributed by atoms with Gasteiger partial charge in [-0.25, -0.2) is 0 Å². The maximum atomic E-state index is 10.8. The molecule has 1 spiro atoms. The van der Waals surface area contributed by atoms with Gasteiger partial charge in [-0.15, -0.1) is 11.3 Å². The Morgan fingerprint density at radius 2 is 2.10 bits per heavy atom. The standard InChI is InChI=1S/C17H24O3S/c18-16(15-10-12-2-1-3-14(12)21-15)13-4-7-20-17(11-13)5-8-19-9-6-17/h10,13,16,18H,1-9,11H2. The molecule has 2 saturated heterocycles. The summed E-state index contributed by atoms with van der Waals surface area (Å²) in [5, 5.41) is 10.8. The summed E-state index contributed by atoms with van der Waals surface area (Å²) < 4.78 is 11.6. The van der Waals surface area contributed by atoms with Crippen molar-refractivity contribution in [2.45, 2.75) is 56.7 Å². The van der Waals surface area contributed by atoms with Gasteiger partial charge in [-0.2, -0.15) is 0 Å². The van der Waals surface area contributed by atoms with E-state index in [0.717, 1.165) is 45.5 Å². The van der Waals surface area contributed by atoms with Crippen LogP contribution >= 0.6 is 11.3 Å². The van der Waals surface area contributed by atoms with E-state index in [1.54, 1.807) is 0 Å². The first-order valence-electron chi connectivity index (χ1n) is 8.27. The number of ether oxygens (including phenoxy) is 2. The first-order chi connectivity index (χ1) is 10.3. The third-order valence-electron chi connectivity index (χ3n) is 5.44. The Morgan fingerprint density at radius 1 is 1.24 bits per heavy atom. The molecule has 4 heteroatoms. The lowest BCUT2D eigenvalue weighted by atomic mass is 9.78. The normalized spacial score (nSPS) is 29.5. The van der Waals surface area contributed by atoms with Gasteiger partial charge in [-0.3, -0.25) is 0 Å². The van der Waals surface area contributed by atoms with Crippen LogP contribution in [0, 0.1) is 5.92 Å². The molecule has 0 saturated carbocycles. The summed E-state index contributed by atoms with van der Waals surface area (Å²) in [6.07, 6.45) is 7.33. The molecule has 3 aliphatic rings. The SMILES string of the molecule is OC(c1cc2c(s1)CCC2)C1CCOC2(CCOCC2)C1. The number of aliphatic hydroxyl groups excluding tert-OH is 1. The van der Waals surface area contributed by atoms with Gasteiger partial charge in [0.1, 0.15) is 0 Å². The number of rotatable bonds is 2. The Balaban J connectivity index is 1.49. The second-order valence-corrected chi connectivity index (χ2v) is 7.96. The maximum absolute atomic E-state index is 10.8. The van der Waals surface area contributed by atoms with Gasteiger partial charge in [0.25, 0.3) is 0 Å². The van der Waals surface area contributed by atoms with Crippen molar-refractivity contribution in [1.82, 2.24) is 0 Å². The molecule has 2 fully saturated rings. The molecular weight excluding hydrogens is 284 g/mol. The number of hydrogen-bond acceptors (Lipinski definition) is 4. The predicted molar refractivity (Wildman–Crippen MR) is 82.8 cm³/mol. The average Bonchev–Trinajstić information content (AvgIpc) is 3.08. The fraction of sp³-hybridized carbons (Fsp3) is 0.765. The van der Waals surface area contributed by atoms with E-state index in [1.165, 1.54) is 34.6 Å². The lowest BCUT2D eigenvalue weighted by Crippen LogP contribution is -2.45. The van der Waals surface area contributed by atoms with Crippen molar-refractivity contribution in [3.05, 3.63) is 21.4 Å². The van der Waals surface area contributed by atoms with Crippen LogP contribution in [0.5, 0.6) is 0 Å². The van der Waals surface area contributed by atoms with Crippen LogP contribution in [0.15, 0.2) is 6.07 Å². The van der Waals surface area contributed by atoms with Gasteiger partial charge in [0, 0.05) is 29.6 Å². The fourth-order valence-electron chi connectivity index (χ4n) is 4.16. The fourth-order valence-corrected chi connectivity index (χ4v) is 5.49. The zero-order valence-electron chi connectivity index (χ0n) is 12.5. The summed E-state index contributed by atoms with van der Waals surface area (Å²) in [6, 6.07) is 2.27. The summed E-state index contributed by atoms with van der Waals surface area (Å²) in [5.74, 6) is 0.343. The van der Waals surface area contributed by atoms with Crippen LogP contribution in [0.25, 0.3) is 0 Å². The second-order valence-electron chi connectivity index (χ2n) is 6.79. The molecule has 21 heavy (non-hydrogen) atoms. The second kappa shape index (κ2) is 5.65. The monoisotopic (exact) mass is 308 g/mol. The van der Waals surface area contributed by atoms with Gasteiger partial charge in [0.05, 0.1) is 11.7 Å². The van der Waals surface area contributed by atoms with Crippen molar-refractivity contribution in [2.75, 3.05) is 19.8 Å².